The van der Waals surface area contributed by atoms with E-state index in [1.165, 1.54) is 28.8 Å². The Balaban J connectivity index is 1.22. The fourth-order valence-electron chi connectivity index (χ4n) is 4.80. The number of alkyl halides is 3. The topological polar surface area (TPSA) is 44.8 Å². The van der Waals surface area contributed by atoms with Gasteiger partial charge < -0.3 is 4.98 Å². The Bertz CT molecular complexity index is 1140. The summed E-state index contributed by atoms with van der Waals surface area (Å²) < 4.78 is 38.4. The Morgan fingerprint density at radius 1 is 1.09 bits per heavy atom. The number of hydrogen-bond acceptors (Lipinski definition) is 3. The van der Waals surface area contributed by atoms with E-state index in [2.05, 4.69) is 27.0 Å². The van der Waals surface area contributed by atoms with Crippen molar-refractivity contribution in [2.75, 3.05) is 13.1 Å². The number of pyridine rings is 1. The van der Waals surface area contributed by atoms with Crippen LogP contribution in [0.2, 0.25) is 0 Å². The minimum absolute atomic E-state index is 0.569. The Kier molecular flexibility index (Phi) is 5.37. The number of likely N-dealkylation sites (tertiary alicyclic amines) is 1. The van der Waals surface area contributed by atoms with Gasteiger partial charge in [0, 0.05) is 30.2 Å². The van der Waals surface area contributed by atoms with Gasteiger partial charge in [-0.2, -0.15) is 13.2 Å². The van der Waals surface area contributed by atoms with Crippen LogP contribution >= 0.6 is 0 Å². The Morgan fingerprint density at radius 3 is 2.56 bits per heavy atom. The second-order valence-corrected chi connectivity index (χ2v) is 8.68. The molecule has 1 aliphatic carbocycles. The van der Waals surface area contributed by atoms with E-state index in [0.29, 0.717) is 17.3 Å². The van der Waals surface area contributed by atoms with Gasteiger partial charge >= 0.3 is 6.18 Å². The van der Waals surface area contributed by atoms with E-state index < -0.39 is 11.7 Å². The van der Waals surface area contributed by atoms with Crippen LogP contribution in [0.15, 0.2) is 48.8 Å². The fraction of sp³-hybridized carbons (Fsp3) is 0.360. The summed E-state index contributed by atoms with van der Waals surface area (Å²) in [6.07, 6.45) is 5.11. The molecular formula is C25H25F3N4. The molecule has 7 heteroatoms. The first-order valence-electron chi connectivity index (χ1n) is 11.0. The van der Waals surface area contributed by atoms with Gasteiger partial charge in [-0.3, -0.25) is 9.88 Å². The number of rotatable bonds is 4. The van der Waals surface area contributed by atoms with Crippen molar-refractivity contribution < 1.29 is 13.2 Å². The first-order chi connectivity index (χ1) is 15.4. The van der Waals surface area contributed by atoms with E-state index in [1.807, 2.05) is 19.3 Å². The minimum Gasteiger partial charge on any atom is -0.342 e. The van der Waals surface area contributed by atoms with Crippen molar-refractivity contribution >= 4 is 5.57 Å². The molecule has 166 valence electrons. The number of allylic oxidation sites excluding steroid dienone is 2. The number of aromatic nitrogens is 3. The maximum atomic E-state index is 12.8. The molecule has 3 heterocycles. The average Bonchev–Trinajstić information content (AvgIpc) is 3.38. The number of halogens is 3. The molecule has 0 spiro atoms. The van der Waals surface area contributed by atoms with E-state index in [4.69, 9.17) is 4.98 Å². The molecule has 1 fully saturated rings. The molecule has 0 atom stereocenters. The van der Waals surface area contributed by atoms with Crippen LogP contribution < -0.4 is 0 Å². The molecule has 0 unspecified atom stereocenters. The highest BCUT2D eigenvalue weighted by Crippen LogP contribution is 2.37. The number of nitrogens with zero attached hydrogens (tertiary/aromatic N) is 3. The number of aromatic amines is 1. The Hall–Kier alpha value is -2.93. The molecule has 0 bridgehead atoms. The molecule has 0 radical (unpaired) electrons. The van der Waals surface area contributed by atoms with Crippen molar-refractivity contribution in [3.8, 4) is 11.4 Å². The molecule has 3 aromatic rings. The van der Waals surface area contributed by atoms with Gasteiger partial charge in [0.2, 0.25) is 0 Å². The van der Waals surface area contributed by atoms with Crippen LogP contribution in [-0.4, -0.2) is 32.9 Å². The van der Waals surface area contributed by atoms with Crippen molar-refractivity contribution in [2.45, 2.75) is 38.9 Å². The molecule has 2 aromatic heterocycles. The lowest BCUT2D eigenvalue weighted by Gasteiger charge is -2.32. The van der Waals surface area contributed by atoms with Gasteiger partial charge in [-0.1, -0.05) is 18.2 Å². The van der Waals surface area contributed by atoms with E-state index in [-0.39, 0.29) is 0 Å². The molecule has 1 aromatic carbocycles. The first-order valence-corrected chi connectivity index (χ1v) is 11.0. The van der Waals surface area contributed by atoms with Gasteiger partial charge in [0.15, 0.2) is 0 Å². The number of piperidine rings is 1. The smallest absolute Gasteiger partial charge is 0.342 e. The Morgan fingerprint density at radius 2 is 1.84 bits per heavy atom. The van der Waals surface area contributed by atoms with Gasteiger partial charge in [-0.05, 0) is 80.1 Å². The lowest BCUT2D eigenvalue weighted by molar-refractivity contribution is -0.137. The standard InChI is InChI=1S/C25H25F3N4/c1-16-23(31-24(30-16)19-2-5-20(6-3-19)25(26,27)28)15-32-12-9-18(10-13-32)21-7-4-17-8-11-29-14-22(17)21/h2-3,5-8,11,14,18H,4,9-10,12-13,15H2,1H3,(H,30,31). The highest BCUT2D eigenvalue weighted by Gasteiger charge is 2.30. The molecule has 0 saturated carbocycles. The first kappa shape index (κ1) is 20.9. The summed E-state index contributed by atoms with van der Waals surface area (Å²) in [5, 5.41) is 0. The number of benzene rings is 1. The zero-order valence-corrected chi connectivity index (χ0v) is 17.9. The predicted octanol–water partition coefficient (Wildman–Crippen LogP) is 5.65. The Labute approximate surface area is 185 Å². The van der Waals surface area contributed by atoms with Crippen LogP contribution in [0.4, 0.5) is 13.2 Å². The summed E-state index contributed by atoms with van der Waals surface area (Å²) in [5.41, 5.74) is 6.06. The van der Waals surface area contributed by atoms with Crippen LogP contribution in [0.5, 0.6) is 0 Å². The summed E-state index contributed by atoms with van der Waals surface area (Å²) >= 11 is 0. The van der Waals surface area contributed by atoms with Crippen molar-refractivity contribution in [3.05, 3.63) is 76.9 Å². The third-order valence-corrected chi connectivity index (χ3v) is 6.64. The van der Waals surface area contributed by atoms with Gasteiger partial charge in [0.05, 0.1) is 11.3 Å². The summed E-state index contributed by atoms with van der Waals surface area (Å²) in [4.78, 5) is 14.7. The molecule has 5 rings (SSSR count). The van der Waals surface area contributed by atoms with Gasteiger partial charge in [0.1, 0.15) is 5.82 Å². The van der Waals surface area contributed by atoms with Crippen LogP contribution in [0.1, 0.15) is 40.9 Å². The van der Waals surface area contributed by atoms with Crippen molar-refractivity contribution in [1.29, 1.82) is 0 Å². The monoisotopic (exact) mass is 438 g/mol. The maximum Gasteiger partial charge on any atom is 0.416 e. The lowest BCUT2D eigenvalue weighted by Crippen LogP contribution is -2.33. The van der Waals surface area contributed by atoms with Crippen molar-refractivity contribution in [1.82, 2.24) is 19.9 Å². The molecule has 1 aliphatic heterocycles. The highest BCUT2D eigenvalue weighted by molar-refractivity contribution is 5.73. The van der Waals surface area contributed by atoms with E-state index in [1.54, 1.807) is 0 Å². The van der Waals surface area contributed by atoms with E-state index >= 15 is 0 Å². The van der Waals surface area contributed by atoms with Gasteiger partial charge in [-0.25, -0.2) is 4.98 Å². The summed E-state index contributed by atoms with van der Waals surface area (Å²) in [6, 6.07) is 7.26. The highest BCUT2D eigenvalue weighted by atomic mass is 19.4. The van der Waals surface area contributed by atoms with E-state index in [9.17, 15) is 13.2 Å². The van der Waals surface area contributed by atoms with Gasteiger partial charge in [0.25, 0.3) is 0 Å². The number of fused-ring (bicyclic) bond motifs is 1. The SMILES string of the molecule is Cc1[nH]c(-c2ccc(C(F)(F)F)cc2)nc1CN1CCC(C2=CCc3ccncc32)CC1. The number of imidazole rings is 1. The largest absolute Gasteiger partial charge is 0.416 e. The third-order valence-electron chi connectivity index (χ3n) is 6.64. The molecule has 0 amide bonds. The summed E-state index contributed by atoms with van der Waals surface area (Å²) in [6.45, 7) is 4.71. The minimum atomic E-state index is -4.33. The predicted molar refractivity (Wildman–Crippen MR) is 118 cm³/mol. The molecule has 1 N–H and O–H groups in total. The number of nitrogens with one attached hydrogen (secondary N) is 1. The zero-order chi connectivity index (χ0) is 22.3. The van der Waals surface area contributed by atoms with Crippen molar-refractivity contribution in [3.63, 3.8) is 0 Å². The fourth-order valence-corrected chi connectivity index (χ4v) is 4.80. The molecule has 4 nitrogen and oxygen atoms in total. The quantitative estimate of drug-likeness (QED) is 0.573. The summed E-state index contributed by atoms with van der Waals surface area (Å²) in [5.74, 6) is 1.18. The van der Waals surface area contributed by atoms with Crippen LogP contribution in [0, 0.1) is 12.8 Å². The number of aryl methyl sites for hydroxylation is 1. The summed E-state index contributed by atoms with van der Waals surface area (Å²) in [7, 11) is 0. The molecule has 2 aliphatic rings. The van der Waals surface area contributed by atoms with Crippen LogP contribution in [0.25, 0.3) is 17.0 Å². The second-order valence-electron chi connectivity index (χ2n) is 8.68. The zero-order valence-electron chi connectivity index (χ0n) is 17.9. The van der Waals surface area contributed by atoms with Gasteiger partial charge in [-0.15, -0.1) is 0 Å². The number of hydrogen-bond donors (Lipinski definition) is 1. The van der Waals surface area contributed by atoms with E-state index in [0.717, 1.165) is 62.4 Å². The maximum absolute atomic E-state index is 12.8. The normalized spacial score (nSPS) is 17.4. The van der Waals surface area contributed by atoms with Crippen LogP contribution in [0.3, 0.4) is 0 Å². The average molecular weight is 438 g/mol. The molecular weight excluding hydrogens is 413 g/mol. The molecule has 1 saturated heterocycles. The molecule has 32 heavy (non-hydrogen) atoms. The second kappa shape index (κ2) is 8.20. The number of H-pyrrole nitrogens is 1. The van der Waals surface area contributed by atoms with Crippen molar-refractivity contribution in [2.24, 2.45) is 5.92 Å². The third kappa shape index (κ3) is 4.09. The lowest BCUT2D eigenvalue weighted by atomic mass is 9.86. The van der Waals surface area contributed by atoms with Crippen LogP contribution in [-0.2, 0) is 19.1 Å².